The third-order valence-corrected chi connectivity index (χ3v) is 6.80. The molecule has 2 aromatic rings. The lowest BCUT2D eigenvalue weighted by atomic mass is 10.1. The van der Waals surface area contributed by atoms with Gasteiger partial charge >= 0.3 is 12.0 Å². The van der Waals surface area contributed by atoms with Crippen LogP contribution in [0.25, 0.3) is 0 Å². The maximum Gasteiger partial charge on any atom is 0.344 e. The van der Waals surface area contributed by atoms with E-state index < -0.39 is 30.2 Å². The van der Waals surface area contributed by atoms with Crippen molar-refractivity contribution in [3.05, 3.63) is 40.5 Å². The van der Waals surface area contributed by atoms with Crippen LogP contribution in [-0.4, -0.2) is 64.0 Å². The molecule has 2 N–H and O–H groups in total. The summed E-state index contributed by atoms with van der Waals surface area (Å²) in [4.78, 5) is 28.7. The number of carbonyl (C=O) groups is 2. The van der Waals surface area contributed by atoms with Gasteiger partial charge in [0.25, 0.3) is 0 Å². The van der Waals surface area contributed by atoms with Gasteiger partial charge in [0, 0.05) is 18.7 Å². The van der Waals surface area contributed by atoms with Crippen LogP contribution in [-0.2, 0) is 6.61 Å². The van der Waals surface area contributed by atoms with E-state index in [-0.39, 0.29) is 27.6 Å². The van der Waals surface area contributed by atoms with Crippen LogP contribution in [0.1, 0.15) is 60.5 Å². The molecule has 35 heavy (non-hydrogen) atoms. The number of aromatic nitrogens is 1. The first-order valence-electron chi connectivity index (χ1n) is 11.9. The zero-order valence-corrected chi connectivity index (χ0v) is 20.9. The summed E-state index contributed by atoms with van der Waals surface area (Å²) in [5.74, 6) is -2.86. The molecule has 11 heteroatoms. The van der Waals surface area contributed by atoms with Crippen LogP contribution in [0, 0.1) is 18.6 Å². The molecule has 1 fully saturated rings. The Morgan fingerprint density at radius 2 is 1.94 bits per heavy atom. The Morgan fingerprint density at radius 3 is 2.63 bits per heavy atom. The number of carboxylic acids is 1. The quantitative estimate of drug-likeness (QED) is 0.407. The van der Waals surface area contributed by atoms with E-state index >= 15 is 0 Å². The minimum Gasteiger partial charge on any atom is -0.477 e. The first-order valence-corrected chi connectivity index (χ1v) is 12.7. The third kappa shape index (κ3) is 7.35. The Balaban J connectivity index is 1.57. The number of rotatable bonds is 11. The number of aromatic carboxylic acids is 1. The van der Waals surface area contributed by atoms with Gasteiger partial charge < -0.3 is 19.6 Å². The Morgan fingerprint density at radius 1 is 1.20 bits per heavy atom. The number of anilines is 1. The van der Waals surface area contributed by atoms with Crippen molar-refractivity contribution in [3.63, 3.8) is 0 Å². The fraction of sp³-hybridized carbons (Fsp3) is 0.542. The molecule has 1 aromatic heterocycles. The number of hydrogen-bond acceptors (Lipinski definition) is 6. The van der Waals surface area contributed by atoms with Gasteiger partial charge in [0.1, 0.15) is 23.2 Å². The lowest BCUT2D eigenvalue weighted by molar-refractivity contribution is 0.0693. The first kappa shape index (κ1) is 26.8. The normalized spacial score (nSPS) is 14.1. The molecule has 1 aromatic carbocycles. The highest BCUT2D eigenvalue weighted by Gasteiger charge is 2.25. The molecule has 0 bridgehead atoms. The number of aryl methyl sites for hydroxylation is 1. The molecule has 1 aliphatic heterocycles. The number of nitrogens with one attached hydrogen (secondary N) is 1. The Bertz CT molecular complexity index is 1030. The van der Waals surface area contributed by atoms with Crippen LogP contribution >= 0.6 is 11.5 Å². The summed E-state index contributed by atoms with van der Waals surface area (Å²) in [6, 6.07) is 1.63. The molecule has 0 aliphatic carbocycles. The summed E-state index contributed by atoms with van der Waals surface area (Å²) < 4.78 is 37.2. The van der Waals surface area contributed by atoms with E-state index in [1.54, 1.807) is 4.90 Å². The van der Waals surface area contributed by atoms with Gasteiger partial charge in [-0.1, -0.05) is 6.42 Å². The van der Waals surface area contributed by atoms with Crippen molar-refractivity contribution < 1.29 is 28.2 Å². The molecular formula is C24H32F2N4O4S. The highest BCUT2D eigenvalue weighted by Crippen LogP contribution is 2.31. The number of likely N-dealkylation sites (tertiary alicyclic amines) is 1. The van der Waals surface area contributed by atoms with Crippen molar-refractivity contribution in [3.8, 4) is 5.88 Å². The van der Waals surface area contributed by atoms with E-state index in [1.807, 2.05) is 6.92 Å². The highest BCUT2D eigenvalue weighted by molar-refractivity contribution is 7.11. The maximum absolute atomic E-state index is 14.1. The van der Waals surface area contributed by atoms with Gasteiger partial charge in [-0.2, -0.15) is 4.37 Å². The van der Waals surface area contributed by atoms with E-state index in [1.165, 1.54) is 26.2 Å². The average Bonchev–Trinajstić information content (AvgIpc) is 3.23. The van der Waals surface area contributed by atoms with Crippen molar-refractivity contribution in [2.24, 2.45) is 0 Å². The Labute approximate surface area is 208 Å². The lowest BCUT2D eigenvalue weighted by Gasteiger charge is -2.27. The van der Waals surface area contributed by atoms with Crippen molar-refractivity contribution >= 4 is 28.5 Å². The lowest BCUT2D eigenvalue weighted by Crippen LogP contribution is -2.36. The minimum absolute atomic E-state index is 0.0276. The number of halogens is 2. The average molecular weight is 511 g/mol. The van der Waals surface area contributed by atoms with Gasteiger partial charge in [0.15, 0.2) is 5.56 Å². The summed E-state index contributed by atoms with van der Waals surface area (Å²) >= 11 is 0.764. The van der Waals surface area contributed by atoms with E-state index in [2.05, 4.69) is 14.6 Å². The van der Waals surface area contributed by atoms with Crippen molar-refractivity contribution in [1.29, 1.82) is 0 Å². The summed E-state index contributed by atoms with van der Waals surface area (Å²) in [5, 5.41) is 12.3. The summed E-state index contributed by atoms with van der Waals surface area (Å²) in [6.45, 7) is 7.21. The zero-order valence-electron chi connectivity index (χ0n) is 20.1. The summed E-state index contributed by atoms with van der Waals surface area (Å²) in [6.07, 6.45) is 5.61. The number of piperidine rings is 1. The number of carboxylic acid groups (broad SMARTS) is 1. The molecule has 2 heterocycles. The number of urea groups is 1. The van der Waals surface area contributed by atoms with Crippen LogP contribution in [0.4, 0.5) is 18.6 Å². The van der Waals surface area contributed by atoms with Crippen LogP contribution < -0.4 is 10.1 Å². The summed E-state index contributed by atoms with van der Waals surface area (Å²) in [7, 11) is 0. The maximum atomic E-state index is 14.1. The molecular weight excluding hydrogens is 478 g/mol. The molecule has 0 unspecified atom stereocenters. The van der Waals surface area contributed by atoms with E-state index in [9.17, 15) is 23.5 Å². The van der Waals surface area contributed by atoms with Crippen molar-refractivity contribution in [2.45, 2.75) is 52.6 Å². The number of amides is 2. The van der Waals surface area contributed by atoms with Crippen molar-refractivity contribution in [1.82, 2.24) is 14.2 Å². The monoisotopic (exact) mass is 510 g/mol. The molecule has 8 nitrogen and oxygen atoms in total. The number of hydrogen-bond donors (Lipinski definition) is 2. The molecule has 1 saturated heterocycles. The predicted octanol–water partition coefficient (Wildman–Crippen LogP) is 5.13. The largest absolute Gasteiger partial charge is 0.477 e. The SMILES string of the molecule is CCN(CCCCN1CCCCC1)C(=O)Nc1snc(OCc2cc(F)c(C)cc2F)c1C(=O)O. The van der Waals surface area contributed by atoms with Gasteiger partial charge in [0.05, 0.1) is 0 Å². The number of benzene rings is 1. The second-order valence-electron chi connectivity index (χ2n) is 8.60. The van der Waals surface area contributed by atoms with Crippen molar-refractivity contribution in [2.75, 3.05) is 38.0 Å². The minimum atomic E-state index is -1.34. The van der Waals surface area contributed by atoms with Crippen LogP contribution in [0.5, 0.6) is 5.88 Å². The van der Waals surface area contributed by atoms with Gasteiger partial charge in [-0.3, -0.25) is 5.32 Å². The van der Waals surface area contributed by atoms with E-state index in [0.29, 0.717) is 13.1 Å². The number of carbonyl (C=O) groups excluding carboxylic acids is 1. The Kier molecular flexibility index (Phi) is 9.79. The number of nitrogens with zero attached hydrogens (tertiary/aromatic N) is 3. The van der Waals surface area contributed by atoms with Gasteiger partial charge in [0.2, 0.25) is 5.88 Å². The highest BCUT2D eigenvalue weighted by atomic mass is 32.1. The smallest absolute Gasteiger partial charge is 0.344 e. The summed E-state index contributed by atoms with van der Waals surface area (Å²) in [5.41, 5.74) is -0.231. The first-order chi connectivity index (χ1) is 16.8. The van der Waals surface area contributed by atoms with E-state index in [0.717, 1.165) is 56.1 Å². The van der Waals surface area contributed by atoms with Crippen LogP contribution in [0.3, 0.4) is 0 Å². The molecule has 0 saturated carbocycles. The fourth-order valence-corrected chi connectivity index (χ4v) is 4.71. The third-order valence-electron chi connectivity index (χ3n) is 6.06. The Hall–Kier alpha value is -2.79. The van der Waals surface area contributed by atoms with Crippen LogP contribution in [0.15, 0.2) is 12.1 Å². The molecule has 2 amide bonds. The van der Waals surface area contributed by atoms with Gasteiger partial charge in [-0.15, -0.1) is 0 Å². The molecule has 0 atom stereocenters. The van der Waals surface area contributed by atoms with Gasteiger partial charge in [-0.25, -0.2) is 18.4 Å². The molecule has 192 valence electrons. The molecule has 0 spiro atoms. The second kappa shape index (κ2) is 12.8. The number of unbranched alkanes of at least 4 members (excludes halogenated alkanes) is 1. The van der Waals surface area contributed by atoms with E-state index in [4.69, 9.17) is 4.74 Å². The fourth-order valence-electron chi connectivity index (χ4n) is 3.99. The zero-order chi connectivity index (χ0) is 25.4. The number of ether oxygens (including phenoxy) is 1. The molecule has 3 rings (SSSR count). The molecule has 0 radical (unpaired) electrons. The molecule has 1 aliphatic rings. The predicted molar refractivity (Wildman–Crippen MR) is 130 cm³/mol. The second-order valence-corrected chi connectivity index (χ2v) is 9.37. The topological polar surface area (TPSA) is 95.0 Å². The van der Waals surface area contributed by atoms with Crippen LogP contribution in [0.2, 0.25) is 0 Å². The van der Waals surface area contributed by atoms with Gasteiger partial charge in [-0.05, 0) is 88.4 Å². The standard InChI is InChI=1S/C24H32F2N4O4S/c1-3-30(12-8-7-11-29-9-5-4-6-10-29)24(33)27-22-20(23(31)32)21(28-35-22)34-15-17-14-18(25)16(2)13-19(17)26/h13-14H,3-12,15H2,1-2H3,(H,27,33)(H,31,32).